The van der Waals surface area contributed by atoms with Gasteiger partial charge < -0.3 is 5.11 Å². The summed E-state index contributed by atoms with van der Waals surface area (Å²) >= 11 is 0. The molecule has 1 saturated heterocycles. The zero-order valence-electron chi connectivity index (χ0n) is 12.0. The third-order valence-corrected chi connectivity index (χ3v) is 4.16. The van der Waals surface area contributed by atoms with E-state index in [4.69, 9.17) is 5.11 Å². The highest BCUT2D eigenvalue weighted by Crippen LogP contribution is 2.25. The molecule has 106 valence electrons. The maximum absolute atomic E-state index is 10.7. The van der Waals surface area contributed by atoms with Crippen LogP contribution in [0.15, 0.2) is 0 Å². The van der Waals surface area contributed by atoms with Crippen molar-refractivity contribution in [2.75, 3.05) is 6.54 Å². The predicted molar refractivity (Wildman–Crippen MR) is 74.8 cm³/mol. The Balaban J connectivity index is 2.39. The van der Waals surface area contributed by atoms with Crippen LogP contribution < -0.4 is 0 Å². The zero-order chi connectivity index (χ0) is 13.4. The molecular weight excluding hydrogens is 226 g/mol. The molecule has 1 aliphatic rings. The summed E-state index contributed by atoms with van der Waals surface area (Å²) in [5.74, 6) is -0.654. The van der Waals surface area contributed by atoms with E-state index in [-0.39, 0.29) is 0 Å². The molecule has 2 atom stereocenters. The van der Waals surface area contributed by atoms with Crippen molar-refractivity contribution in [1.82, 2.24) is 4.90 Å². The van der Waals surface area contributed by atoms with Crippen molar-refractivity contribution < 1.29 is 9.90 Å². The van der Waals surface area contributed by atoms with Crippen LogP contribution in [0, 0.1) is 0 Å². The summed E-state index contributed by atoms with van der Waals surface area (Å²) in [5.41, 5.74) is 0. The average Bonchev–Trinajstić information content (AvgIpc) is 2.37. The monoisotopic (exact) mass is 255 g/mol. The van der Waals surface area contributed by atoms with Gasteiger partial charge in [0.25, 0.3) is 0 Å². The molecule has 0 aromatic rings. The highest BCUT2D eigenvalue weighted by molar-refractivity contribution is 5.66. The summed E-state index contributed by atoms with van der Waals surface area (Å²) in [6, 6.07) is 1.13. The van der Waals surface area contributed by atoms with E-state index in [0.29, 0.717) is 18.5 Å². The van der Waals surface area contributed by atoms with Crippen LogP contribution in [-0.4, -0.2) is 34.6 Å². The van der Waals surface area contributed by atoms with Crippen molar-refractivity contribution in [2.45, 2.75) is 83.7 Å². The molecule has 0 aromatic heterocycles. The van der Waals surface area contributed by atoms with Crippen LogP contribution >= 0.6 is 0 Å². The molecule has 0 spiro atoms. The molecule has 0 saturated carbocycles. The fraction of sp³-hybridized carbons (Fsp3) is 0.933. The third-order valence-electron chi connectivity index (χ3n) is 4.16. The Hall–Kier alpha value is -0.570. The Morgan fingerprint density at radius 3 is 2.83 bits per heavy atom. The van der Waals surface area contributed by atoms with Crippen LogP contribution in [0.1, 0.15) is 71.6 Å². The maximum atomic E-state index is 10.7. The number of hydrogen-bond acceptors (Lipinski definition) is 2. The Kier molecular flexibility index (Phi) is 7.33. The van der Waals surface area contributed by atoms with Crippen molar-refractivity contribution in [2.24, 2.45) is 0 Å². The Labute approximate surface area is 112 Å². The van der Waals surface area contributed by atoms with E-state index in [0.717, 1.165) is 13.0 Å². The largest absolute Gasteiger partial charge is 0.481 e. The average molecular weight is 255 g/mol. The van der Waals surface area contributed by atoms with Gasteiger partial charge in [-0.1, -0.05) is 32.6 Å². The third kappa shape index (κ3) is 5.38. The van der Waals surface area contributed by atoms with Crippen molar-refractivity contribution in [3.63, 3.8) is 0 Å². The summed E-state index contributed by atoms with van der Waals surface area (Å²) in [4.78, 5) is 13.3. The zero-order valence-corrected chi connectivity index (χ0v) is 12.0. The first-order valence-electron chi connectivity index (χ1n) is 7.62. The Morgan fingerprint density at radius 1 is 1.39 bits per heavy atom. The normalized spacial score (nSPS) is 22.9. The number of carboxylic acid groups (broad SMARTS) is 1. The van der Waals surface area contributed by atoms with Crippen LogP contribution in [-0.2, 0) is 4.79 Å². The summed E-state index contributed by atoms with van der Waals surface area (Å²) in [6.07, 6.45) is 10.0. The molecule has 0 aromatic carbocycles. The lowest BCUT2D eigenvalue weighted by Crippen LogP contribution is -2.45. The molecule has 1 fully saturated rings. The molecule has 18 heavy (non-hydrogen) atoms. The van der Waals surface area contributed by atoms with E-state index in [2.05, 4.69) is 18.7 Å². The number of aliphatic carboxylic acids is 1. The molecule has 1 rings (SSSR count). The van der Waals surface area contributed by atoms with Gasteiger partial charge >= 0.3 is 5.97 Å². The van der Waals surface area contributed by atoms with E-state index in [9.17, 15) is 4.79 Å². The molecular formula is C15H29NO2. The molecule has 3 nitrogen and oxygen atoms in total. The maximum Gasteiger partial charge on any atom is 0.303 e. The smallest absolute Gasteiger partial charge is 0.303 e. The van der Waals surface area contributed by atoms with Gasteiger partial charge in [-0.15, -0.1) is 0 Å². The van der Waals surface area contributed by atoms with Crippen LogP contribution in [0.4, 0.5) is 0 Å². The highest BCUT2D eigenvalue weighted by atomic mass is 16.4. The second-order valence-corrected chi connectivity index (χ2v) is 5.66. The lowest BCUT2D eigenvalue weighted by atomic mass is 9.95. The van der Waals surface area contributed by atoms with Crippen LogP contribution in [0.5, 0.6) is 0 Å². The van der Waals surface area contributed by atoms with Gasteiger partial charge in [-0.2, -0.15) is 0 Å². The number of rotatable bonds is 8. The predicted octanol–water partition coefficient (Wildman–Crippen LogP) is 3.67. The van der Waals surface area contributed by atoms with Crippen LogP contribution in [0.25, 0.3) is 0 Å². The quantitative estimate of drug-likeness (QED) is 0.673. The molecule has 2 unspecified atom stereocenters. The van der Waals surface area contributed by atoms with Gasteiger partial charge in [-0.05, 0) is 39.2 Å². The van der Waals surface area contributed by atoms with E-state index in [1.807, 2.05) is 0 Å². The minimum Gasteiger partial charge on any atom is -0.481 e. The standard InChI is InChI=1S/C15H29NO2/c1-3-4-5-8-13(2)16-12-7-6-9-14(16)10-11-15(17)18/h13-14H,3-12H2,1-2H3,(H,17,18). The van der Waals surface area contributed by atoms with Gasteiger partial charge in [0.05, 0.1) is 0 Å². The summed E-state index contributed by atoms with van der Waals surface area (Å²) in [5, 5.41) is 8.82. The first-order chi connectivity index (χ1) is 8.65. The molecule has 0 aliphatic carbocycles. The Morgan fingerprint density at radius 2 is 2.17 bits per heavy atom. The fourth-order valence-corrected chi connectivity index (χ4v) is 3.06. The molecule has 3 heteroatoms. The molecule has 1 aliphatic heterocycles. The van der Waals surface area contributed by atoms with E-state index < -0.39 is 5.97 Å². The van der Waals surface area contributed by atoms with Gasteiger partial charge in [-0.3, -0.25) is 9.69 Å². The lowest BCUT2D eigenvalue weighted by molar-refractivity contribution is -0.137. The minimum atomic E-state index is -0.654. The lowest BCUT2D eigenvalue weighted by Gasteiger charge is -2.40. The summed E-state index contributed by atoms with van der Waals surface area (Å²) in [6.45, 7) is 5.72. The summed E-state index contributed by atoms with van der Waals surface area (Å²) in [7, 11) is 0. The van der Waals surface area contributed by atoms with E-state index in [1.165, 1.54) is 44.9 Å². The number of carboxylic acids is 1. The van der Waals surface area contributed by atoms with Crippen molar-refractivity contribution >= 4 is 5.97 Å². The second-order valence-electron chi connectivity index (χ2n) is 5.66. The second kappa shape index (κ2) is 8.52. The molecule has 0 bridgehead atoms. The van der Waals surface area contributed by atoms with Gasteiger partial charge in [0.15, 0.2) is 0 Å². The van der Waals surface area contributed by atoms with Crippen molar-refractivity contribution in [3.8, 4) is 0 Å². The number of unbranched alkanes of at least 4 members (excludes halogenated alkanes) is 2. The fourth-order valence-electron chi connectivity index (χ4n) is 3.06. The van der Waals surface area contributed by atoms with Gasteiger partial charge in [0.2, 0.25) is 0 Å². The minimum absolute atomic E-state index is 0.322. The molecule has 0 radical (unpaired) electrons. The first-order valence-corrected chi connectivity index (χ1v) is 7.62. The number of piperidine rings is 1. The van der Waals surface area contributed by atoms with E-state index in [1.54, 1.807) is 0 Å². The molecule has 0 amide bonds. The van der Waals surface area contributed by atoms with Gasteiger partial charge in [0.1, 0.15) is 0 Å². The molecule has 1 heterocycles. The van der Waals surface area contributed by atoms with Crippen molar-refractivity contribution in [3.05, 3.63) is 0 Å². The highest BCUT2D eigenvalue weighted by Gasteiger charge is 2.26. The van der Waals surface area contributed by atoms with Gasteiger partial charge in [-0.25, -0.2) is 0 Å². The number of carbonyl (C=O) groups is 1. The van der Waals surface area contributed by atoms with E-state index >= 15 is 0 Å². The Bertz CT molecular complexity index is 243. The topological polar surface area (TPSA) is 40.5 Å². The number of nitrogens with zero attached hydrogens (tertiary/aromatic N) is 1. The summed E-state index contributed by atoms with van der Waals surface area (Å²) < 4.78 is 0. The van der Waals surface area contributed by atoms with Gasteiger partial charge in [0, 0.05) is 18.5 Å². The number of likely N-dealkylation sites (tertiary alicyclic amines) is 1. The SMILES string of the molecule is CCCCCC(C)N1CCCCC1CCC(=O)O. The van der Waals surface area contributed by atoms with Crippen molar-refractivity contribution in [1.29, 1.82) is 0 Å². The van der Waals surface area contributed by atoms with Crippen LogP contribution in [0.2, 0.25) is 0 Å². The molecule has 1 N–H and O–H groups in total. The number of hydrogen-bond donors (Lipinski definition) is 1. The van der Waals surface area contributed by atoms with Crippen LogP contribution in [0.3, 0.4) is 0 Å². The first kappa shape index (κ1) is 15.5.